The molecule has 4 aromatic carbocycles. The Morgan fingerprint density at radius 1 is 0.551 bits per heavy atom. The molecule has 4 saturated heterocycles. The molecule has 13 rings (SSSR count). The van der Waals surface area contributed by atoms with Crippen LogP contribution in [0.2, 0.25) is 0 Å². The Hall–Kier alpha value is -8.51. The molecule has 2 bridgehead atoms. The number of aryl methyl sites for hydroxylation is 1. The molecule has 5 atom stereocenters. The first-order chi connectivity index (χ1) is 63.2. The molecule has 7 aliphatic heterocycles. The van der Waals surface area contributed by atoms with Crippen LogP contribution in [0.3, 0.4) is 0 Å². The summed E-state index contributed by atoms with van der Waals surface area (Å²) in [6.07, 6.45) is 17.0. The van der Waals surface area contributed by atoms with Crippen molar-refractivity contribution in [3.63, 3.8) is 0 Å². The molecule has 5 aromatic rings. The predicted molar refractivity (Wildman–Crippen MR) is 553 cm³/mol. The quantitative estimate of drug-likeness (QED) is 0.0682. The highest BCUT2D eigenvalue weighted by Crippen LogP contribution is 2.47. The highest BCUT2D eigenvalue weighted by Gasteiger charge is 2.50. The van der Waals surface area contributed by atoms with Crippen LogP contribution in [0.5, 0.6) is 5.75 Å². The van der Waals surface area contributed by atoms with Gasteiger partial charge in [-0.05, 0) is 250 Å². The van der Waals surface area contributed by atoms with Crippen molar-refractivity contribution in [2.24, 2.45) is 33.0 Å². The van der Waals surface area contributed by atoms with Crippen molar-refractivity contribution in [2.45, 2.75) is 375 Å². The first kappa shape index (κ1) is 120. The topological polar surface area (TPSA) is 153 Å². The molecule has 4 fully saturated rings. The van der Waals surface area contributed by atoms with E-state index >= 15 is 0 Å². The number of benzene rings is 4. The Kier molecular flexibility index (Phi) is 44.7. The number of alkyl halides is 7. The van der Waals surface area contributed by atoms with E-state index < -0.39 is 23.7 Å². The van der Waals surface area contributed by atoms with Crippen LogP contribution in [0.25, 0.3) is 0 Å². The van der Waals surface area contributed by atoms with Crippen LogP contribution in [0.4, 0.5) is 30.7 Å². The summed E-state index contributed by atoms with van der Waals surface area (Å²) in [4.78, 5) is 54.4. The number of carbonyl (C=O) groups excluding carboxylic acids is 3. The van der Waals surface area contributed by atoms with Crippen LogP contribution in [0, 0.1) is 62.6 Å². The molecule has 22 heteroatoms. The molecule has 0 saturated carbocycles. The number of fused-ring (bicyclic) bond motifs is 2. The number of aromatic nitrogens is 1. The average Bonchev–Trinajstić information content (AvgIpc) is 1.10. The smallest absolute Gasteiger partial charge is 0.433 e. The normalized spacial score (nSPS) is 20.2. The fourth-order valence-electron chi connectivity index (χ4n) is 18.4. The van der Waals surface area contributed by atoms with E-state index in [-0.39, 0.29) is 100 Å². The number of piperidine rings is 1. The predicted octanol–water partition coefficient (Wildman–Crippen LogP) is 28.4. The first-order valence-corrected chi connectivity index (χ1v) is 49.9. The van der Waals surface area contributed by atoms with Crippen molar-refractivity contribution in [3.05, 3.63) is 214 Å². The number of halogens is 7. The van der Waals surface area contributed by atoms with Gasteiger partial charge in [0.05, 0.1) is 30.8 Å². The van der Waals surface area contributed by atoms with Crippen LogP contribution in [0.15, 0.2) is 181 Å². The van der Waals surface area contributed by atoms with Crippen molar-refractivity contribution < 1.29 is 54.6 Å². The SMILES string of the molecule is C.CC(C)(C)N1CC2CC1CN2Cc1ccccc1.CC(C)(C)N1CCC2(CC1)CN(C(=O)c1ccnc(C(F)(F)F)c1)C2.CC(C)(C)OCc1ccccc1.CC(C)(C)Oc1ccccc1.CC(CC#N)N1CC=C(C(C)(C)C)CC1.CC(F)(F)CCC(=O)N1C=CC(C(C)(C)C)CC1.CC(F)(F)CCC(=O)N1CC=C(C(C)(C)C)CC1.Cc1ccc(C2(CC#N)CC=C(C(C)(C)C)CC2)cc1. The van der Waals surface area contributed by atoms with Crippen LogP contribution in [-0.2, 0) is 39.1 Å². The lowest BCUT2D eigenvalue weighted by Gasteiger charge is -2.55. The standard InChI is InChI=1S/C19H25N.C18H24F3N3O.C16H24N2.2C14H23F2NO.C13H22N2.C11H16O.C10H14O.CH4/c1-15-5-7-17(8-6-15)19(13-14-20)11-9-16(10-12-19)18(2,3)4;1-16(2,3)24-8-5-17(6-9-24)11-23(12-17)15(25)13-4-7-22-14(10-13)18(19,20)21;1-16(2,3)18-12-14-9-15(18)11-17(14)10-13-7-5-4-6-8-13;2*1-13(2,3)11-6-9-17(10-7-11)12(18)5-8-14(4,15)16;1-11(5-8-14)15-9-6-12(7-10-15)13(2,3)4;1-11(2,3)12-9-10-7-5-4-6-8-10;1-10(2,3)11-9-7-5-4-6-8-9;/h5-9H,10-13H2,1-4H3;4,7,10H,5-6,8-9,11-12H2,1-3H3;4-8,14-15H,9-12H2,1-3H3;6H,5,7-10H2,1-4H3;6,9,11H,5,7-8,10H2,1-4H3;6,11H,5,7,9-10H2,1-4H3;4-8H,9H2,1-3H3;4-8H,1-3H3;1H4. The van der Waals surface area contributed by atoms with Gasteiger partial charge in [-0.15, -0.1) is 0 Å². The molecule has 3 amide bonds. The van der Waals surface area contributed by atoms with Crippen LogP contribution < -0.4 is 4.74 Å². The van der Waals surface area contributed by atoms with Crippen molar-refractivity contribution >= 4 is 17.7 Å². The number of carbonyl (C=O) groups is 3. The van der Waals surface area contributed by atoms with E-state index in [1.165, 1.54) is 59.0 Å². The number of nitriles is 2. The summed E-state index contributed by atoms with van der Waals surface area (Å²) in [5, 5.41) is 17.9. The van der Waals surface area contributed by atoms with Gasteiger partial charge in [-0.3, -0.25) is 39.0 Å². The number of nitrogens with zero attached hydrogens (tertiary/aromatic N) is 10. The van der Waals surface area contributed by atoms with Gasteiger partial charge in [0.25, 0.3) is 5.91 Å². The number of pyridine rings is 1. The summed E-state index contributed by atoms with van der Waals surface area (Å²) in [5.41, 5.74) is 10.1. The van der Waals surface area contributed by atoms with E-state index in [1.54, 1.807) is 26.5 Å². The van der Waals surface area contributed by atoms with Crippen LogP contribution >= 0.6 is 0 Å². The highest BCUT2D eigenvalue weighted by molar-refractivity contribution is 5.95. The largest absolute Gasteiger partial charge is 0.488 e. The minimum atomic E-state index is -4.54. The Morgan fingerprint density at radius 3 is 1.49 bits per heavy atom. The van der Waals surface area contributed by atoms with Gasteiger partial charge in [0.1, 0.15) is 17.0 Å². The Bertz CT molecular complexity index is 4740. The van der Waals surface area contributed by atoms with E-state index in [0.29, 0.717) is 75.1 Å². The molecule has 138 heavy (non-hydrogen) atoms. The van der Waals surface area contributed by atoms with Crippen LogP contribution in [-0.4, -0.2) is 181 Å². The summed E-state index contributed by atoms with van der Waals surface area (Å²) >= 11 is 0. The van der Waals surface area contributed by atoms with E-state index in [4.69, 9.17) is 14.7 Å². The minimum absolute atomic E-state index is 0. The van der Waals surface area contributed by atoms with E-state index in [2.05, 4.69) is 281 Å². The van der Waals surface area contributed by atoms with Gasteiger partial charge in [-0.25, -0.2) is 17.6 Å². The third kappa shape index (κ3) is 41.6. The minimum Gasteiger partial charge on any atom is -0.488 e. The average molecular weight is 1920 g/mol. The molecule has 1 spiro atoms. The Morgan fingerprint density at radius 2 is 1.07 bits per heavy atom. The maximum atomic E-state index is 12.8. The fraction of sp³-hybridized carbons (Fsp3) is 0.638. The number of hydrogen-bond acceptors (Lipinski definition) is 12. The third-order valence-electron chi connectivity index (χ3n) is 27.1. The summed E-state index contributed by atoms with van der Waals surface area (Å²) in [7, 11) is 0. The summed E-state index contributed by atoms with van der Waals surface area (Å²) in [5.74, 6) is -4.85. The zero-order valence-electron chi connectivity index (χ0n) is 88.9. The molecule has 5 unspecified atom stereocenters. The van der Waals surface area contributed by atoms with Gasteiger partial charge >= 0.3 is 6.18 Å². The number of para-hydroxylation sites is 1. The van der Waals surface area contributed by atoms with E-state index in [0.717, 1.165) is 128 Å². The second-order valence-electron chi connectivity index (χ2n) is 47.4. The lowest BCUT2D eigenvalue weighted by Crippen LogP contribution is -2.63. The zero-order valence-corrected chi connectivity index (χ0v) is 88.9. The Labute approximate surface area is 829 Å². The number of amides is 3. The van der Waals surface area contributed by atoms with Crippen molar-refractivity contribution in [1.29, 1.82) is 10.5 Å². The van der Waals surface area contributed by atoms with Gasteiger partial charge in [0.15, 0.2) is 0 Å². The molecular weight excluding hydrogens is 1750 g/mol. The fourth-order valence-corrected chi connectivity index (χ4v) is 18.4. The molecule has 8 aliphatic rings. The number of hydrogen-bond donors (Lipinski definition) is 0. The molecule has 0 N–H and O–H groups in total. The summed E-state index contributed by atoms with van der Waals surface area (Å²) in [6, 6.07) is 48.5. The third-order valence-corrected chi connectivity index (χ3v) is 27.1. The molecule has 15 nitrogen and oxygen atoms in total. The zero-order chi connectivity index (χ0) is 103. The highest BCUT2D eigenvalue weighted by atomic mass is 19.4. The second kappa shape index (κ2) is 51.4. The van der Waals surface area contributed by atoms with Gasteiger partial charge < -0.3 is 24.2 Å². The second-order valence-corrected chi connectivity index (χ2v) is 47.4. The number of ether oxygens (including phenoxy) is 2. The van der Waals surface area contributed by atoms with Gasteiger partial charge in [-0.2, -0.15) is 23.7 Å². The number of rotatable bonds is 16. The lowest BCUT2D eigenvalue weighted by molar-refractivity contribution is -0.141. The lowest BCUT2D eigenvalue weighted by atomic mass is 9.65. The van der Waals surface area contributed by atoms with E-state index in [1.807, 2.05) is 75.4 Å². The van der Waals surface area contributed by atoms with Gasteiger partial charge in [0.2, 0.25) is 23.7 Å². The van der Waals surface area contributed by atoms with Gasteiger partial charge in [-0.1, -0.05) is 240 Å². The molecule has 8 heterocycles. The van der Waals surface area contributed by atoms with Crippen molar-refractivity contribution in [2.75, 3.05) is 72.0 Å². The number of piperazine rings is 1. The van der Waals surface area contributed by atoms with Crippen molar-refractivity contribution in [1.82, 2.24) is 39.3 Å². The maximum absolute atomic E-state index is 12.8. The molecular formula is C116H175F7N10O5. The molecule has 0 radical (unpaired) electrons. The first-order valence-electron chi connectivity index (χ1n) is 49.9. The maximum Gasteiger partial charge on any atom is 0.433 e. The van der Waals surface area contributed by atoms with E-state index in [9.17, 15) is 50.4 Å². The van der Waals surface area contributed by atoms with Crippen LogP contribution in [0.1, 0.15) is 329 Å². The summed E-state index contributed by atoms with van der Waals surface area (Å²) in [6.45, 7) is 70.0. The number of allylic oxidation sites excluding steroid dienone is 3. The molecule has 768 valence electrons. The Balaban J connectivity index is 0.000000281. The number of likely N-dealkylation sites (tertiary alicyclic amines) is 4. The van der Waals surface area contributed by atoms with Gasteiger partial charge in [0, 0.05) is 156 Å². The summed E-state index contributed by atoms with van der Waals surface area (Å²) < 4.78 is 100. The molecule has 1 aliphatic carbocycles. The molecule has 1 aromatic heterocycles. The monoisotopic (exact) mass is 1920 g/mol. The van der Waals surface area contributed by atoms with Crippen molar-refractivity contribution in [3.8, 4) is 17.9 Å².